The molecule has 26 heavy (non-hydrogen) atoms. The number of benzene rings is 3. The van der Waals surface area contributed by atoms with Crippen molar-refractivity contribution in [1.29, 1.82) is 0 Å². The van der Waals surface area contributed by atoms with Crippen molar-refractivity contribution in [2.24, 2.45) is 5.10 Å². The number of hydrogen-bond donors (Lipinski definition) is 1. The van der Waals surface area contributed by atoms with Crippen LogP contribution in [0.5, 0.6) is 0 Å². The van der Waals surface area contributed by atoms with Gasteiger partial charge in [0.1, 0.15) is 0 Å². The fourth-order valence-corrected chi connectivity index (χ4v) is 2.99. The van der Waals surface area contributed by atoms with E-state index >= 15 is 0 Å². The Balaban J connectivity index is 1.69. The molecule has 1 heterocycles. The molecule has 4 heteroatoms. The molecule has 4 rings (SSSR count). The number of pyridine rings is 1. The summed E-state index contributed by atoms with van der Waals surface area (Å²) in [5.41, 5.74) is 8.34. The van der Waals surface area contributed by atoms with Gasteiger partial charge in [-0.05, 0) is 29.8 Å². The Hall–Kier alpha value is -3.40. The smallest absolute Gasteiger partial charge is 0.0749 e. The quantitative estimate of drug-likeness (QED) is 0.326. The van der Waals surface area contributed by atoms with Crippen LogP contribution in [0.15, 0.2) is 77.9 Å². The monoisotopic (exact) mass is 340 g/mol. The van der Waals surface area contributed by atoms with Crippen molar-refractivity contribution in [2.45, 2.75) is 0 Å². The van der Waals surface area contributed by atoms with Crippen LogP contribution in [0.1, 0.15) is 5.56 Å². The molecule has 1 N–H and O–H groups in total. The zero-order chi connectivity index (χ0) is 17.9. The molecule has 0 unspecified atom stereocenters. The summed E-state index contributed by atoms with van der Waals surface area (Å²) in [6, 6.07) is 24.5. The lowest BCUT2D eigenvalue weighted by Gasteiger charge is -2.12. The number of fused-ring (bicyclic) bond motifs is 2. The Labute approximate surface area is 152 Å². The normalized spacial score (nSPS) is 11.3. The van der Waals surface area contributed by atoms with Gasteiger partial charge < -0.3 is 4.90 Å². The van der Waals surface area contributed by atoms with Gasteiger partial charge in [-0.25, -0.2) is 4.98 Å². The summed E-state index contributed by atoms with van der Waals surface area (Å²) in [6.07, 6.45) is 1.84. The van der Waals surface area contributed by atoms with Crippen molar-refractivity contribution in [3.63, 3.8) is 0 Å². The minimum Gasteiger partial charge on any atom is -0.378 e. The highest BCUT2D eigenvalue weighted by atomic mass is 15.3. The Morgan fingerprint density at radius 3 is 1.96 bits per heavy atom. The zero-order valence-electron chi connectivity index (χ0n) is 14.8. The number of anilines is 2. The Morgan fingerprint density at radius 2 is 1.38 bits per heavy atom. The van der Waals surface area contributed by atoms with Gasteiger partial charge in [-0.1, -0.05) is 48.5 Å². The fraction of sp³-hybridized carbons (Fsp3) is 0.0909. The third-order valence-electron chi connectivity index (χ3n) is 4.39. The van der Waals surface area contributed by atoms with Gasteiger partial charge in [0.2, 0.25) is 0 Å². The van der Waals surface area contributed by atoms with E-state index in [2.05, 4.69) is 51.8 Å². The molecule has 4 aromatic rings. The number of aromatic nitrogens is 1. The second-order valence-corrected chi connectivity index (χ2v) is 6.38. The lowest BCUT2D eigenvalue weighted by Crippen LogP contribution is -2.08. The number of hydrogen-bond acceptors (Lipinski definition) is 4. The predicted octanol–water partition coefficient (Wildman–Crippen LogP) is 4.90. The zero-order valence-corrected chi connectivity index (χ0v) is 14.8. The van der Waals surface area contributed by atoms with E-state index in [0.29, 0.717) is 0 Å². The van der Waals surface area contributed by atoms with Crippen LogP contribution in [0, 0.1) is 0 Å². The highest BCUT2D eigenvalue weighted by molar-refractivity contribution is 6.07. The number of hydrazone groups is 1. The molecule has 0 fully saturated rings. The average Bonchev–Trinajstić information content (AvgIpc) is 2.68. The Morgan fingerprint density at radius 1 is 0.808 bits per heavy atom. The topological polar surface area (TPSA) is 40.5 Å². The fourth-order valence-electron chi connectivity index (χ4n) is 2.99. The number of nitrogens with zero attached hydrogens (tertiary/aromatic N) is 3. The average molecular weight is 340 g/mol. The first-order chi connectivity index (χ1) is 12.7. The van der Waals surface area contributed by atoms with Crippen molar-refractivity contribution in [1.82, 2.24) is 4.98 Å². The van der Waals surface area contributed by atoms with Crippen LogP contribution in [0.2, 0.25) is 0 Å². The predicted molar refractivity (Wildman–Crippen MR) is 111 cm³/mol. The van der Waals surface area contributed by atoms with Gasteiger partial charge in [0.25, 0.3) is 0 Å². The van der Waals surface area contributed by atoms with Gasteiger partial charge in [-0.3, -0.25) is 5.43 Å². The molecule has 4 nitrogen and oxygen atoms in total. The van der Waals surface area contributed by atoms with Gasteiger partial charge in [0.05, 0.1) is 22.9 Å². The van der Waals surface area contributed by atoms with Gasteiger partial charge in [-0.15, -0.1) is 0 Å². The maximum Gasteiger partial charge on any atom is 0.0749 e. The van der Waals surface area contributed by atoms with E-state index < -0.39 is 0 Å². The van der Waals surface area contributed by atoms with Crippen LogP contribution < -0.4 is 10.3 Å². The van der Waals surface area contributed by atoms with E-state index in [1.807, 2.05) is 56.7 Å². The molecule has 0 aliphatic rings. The minimum atomic E-state index is 0.958. The number of nitrogens with one attached hydrogen (secondary N) is 1. The molecule has 128 valence electrons. The van der Waals surface area contributed by atoms with Crippen molar-refractivity contribution in [3.05, 3.63) is 78.4 Å². The largest absolute Gasteiger partial charge is 0.378 e. The summed E-state index contributed by atoms with van der Waals surface area (Å²) in [7, 11) is 4.06. The van der Waals surface area contributed by atoms with Crippen LogP contribution in [-0.2, 0) is 0 Å². The van der Waals surface area contributed by atoms with Crippen molar-refractivity contribution >= 4 is 39.4 Å². The van der Waals surface area contributed by atoms with E-state index in [9.17, 15) is 0 Å². The molecule has 0 radical (unpaired) electrons. The number of para-hydroxylation sites is 2. The summed E-state index contributed by atoms with van der Waals surface area (Å²) >= 11 is 0. The first-order valence-corrected chi connectivity index (χ1v) is 8.56. The van der Waals surface area contributed by atoms with Gasteiger partial charge in [-0.2, -0.15) is 5.10 Å². The summed E-state index contributed by atoms with van der Waals surface area (Å²) < 4.78 is 0. The summed E-state index contributed by atoms with van der Waals surface area (Å²) in [6.45, 7) is 0. The third kappa shape index (κ3) is 3.09. The van der Waals surface area contributed by atoms with E-state index in [1.165, 1.54) is 5.69 Å². The van der Waals surface area contributed by atoms with Crippen LogP contribution >= 0.6 is 0 Å². The maximum atomic E-state index is 4.73. The van der Waals surface area contributed by atoms with Crippen LogP contribution in [0.4, 0.5) is 11.4 Å². The first kappa shape index (κ1) is 16.1. The molecule has 3 aromatic carbocycles. The standard InChI is InChI=1S/C22H20N4/c1-26(2)17-13-11-16(12-14-17)15-23-25-22-18-7-3-5-9-20(18)24-21-10-6-4-8-19(21)22/h3-15H,1-2H3,(H,24,25). The maximum absolute atomic E-state index is 4.73. The molecule has 0 aliphatic heterocycles. The Bertz CT molecular complexity index is 1030. The molecule has 0 amide bonds. The molecule has 0 saturated heterocycles. The SMILES string of the molecule is CN(C)c1ccc(C=NNc2c3ccccc3nc3ccccc23)cc1. The minimum absolute atomic E-state index is 0.958. The van der Waals surface area contributed by atoms with Crippen molar-refractivity contribution in [2.75, 3.05) is 24.4 Å². The van der Waals surface area contributed by atoms with E-state index in [0.717, 1.165) is 33.1 Å². The number of rotatable bonds is 4. The van der Waals surface area contributed by atoms with Crippen LogP contribution in [0.25, 0.3) is 21.8 Å². The lowest BCUT2D eigenvalue weighted by molar-refractivity contribution is 1.13. The molecule has 0 bridgehead atoms. The summed E-state index contributed by atoms with van der Waals surface area (Å²) in [5, 5.41) is 6.59. The van der Waals surface area contributed by atoms with Gasteiger partial charge in [0.15, 0.2) is 0 Å². The summed E-state index contributed by atoms with van der Waals surface area (Å²) in [5.74, 6) is 0. The van der Waals surface area contributed by atoms with Crippen LogP contribution in [-0.4, -0.2) is 25.3 Å². The molecular formula is C22H20N4. The van der Waals surface area contributed by atoms with Crippen molar-refractivity contribution in [3.8, 4) is 0 Å². The van der Waals surface area contributed by atoms with E-state index in [1.54, 1.807) is 0 Å². The van der Waals surface area contributed by atoms with Crippen molar-refractivity contribution < 1.29 is 0 Å². The first-order valence-electron chi connectivity index (χ1n) is 8.56. The van der Waals surface area contributed by atoms with Gasteiger partial charge >= 0.3 is 0 Å². The highest BCUT2D eigenvalue weighted by Crippen LogP contribution is 2.30. The second-order valence-electron chi connectivity index (χ2n) is 6.38. The molecule has 0 atom stereocenters. The summed E-state index contributed by atoms with van der Waals surface area (Å²) in [4.78, 5) is 6.81. The molecule has 0 aliphatic carbocycles. The third-order valence-corrected chi connectivity index (χ3v) is 4.39. The van der Waals surface area contributed by atoms with Gasteiger partial charge in [0, 0.05) is 30.6 Å². The Kier molecular flexibility index (Phi) is 4.23. The highest BCUT2D eigenvalue weighted by Gasteiger charge is 2.07. The van der Waals surface area contributed by atoms with E-state index in [4.69, 9.17) is 4.98 Å². The van der Waals surface area contributed by atoms with E-state index in [-0.39, 0.29) is 0 Å². The lowest BCUT2D eigenvalue weighted by atomic mass is 10.1. The molecular weight excluding hydrogens is 320 g/mol. The molecule has 1 aromatic heterocycles. The molecule has 0 spiro atoms. The van der Waals surface area contributed by atoms with Crippen LogP contribution in [0.3, 0.4) is 0 Å². The second kappa shape index (κ2) is 6.84. The molecule has 0 saturated carbocycles.